The Morgan fingerprint density at radius 1 is 1.14 bits per heavy atom. The Bertz CT molecular complexity index is 758. The first kappa shape index (κ1) is 15.0. The summed E-state index contributed by atoms with van der Waals surface area (Å²) in [4.78, 5) is 10.8. The summed E-state index contributed by atoms with van der Waals surface area (Å²) in [7, 11) is -3.97. The number of nitrogens with two attached hydrogens (primary N) is 1. The molecule has 21 heavy (non-hydrogen) atoms. The SMILES string of the molecule is Nc1ccc(C(=O)O)c(S(=O)(=O)NCc2ccccc2)c1. The summed E-state index contributed by atoms with van der Waals surface area (Å²) in [6, 6.07) is 12.6. The highest BCUT2D eigenvalue weighted by Gasteiger charge is 2.22. The third-order valence-electron chi connectivity index (χ3n) is 2.83. The van der Waals surface area contributed by atoms with Crippen LogP contribution >= 0.6 is 0 Å². The Morgan fingerprint density at radius 2 is 1.81 bits per heavy atom. The molecule has 2 rings (SSSR count). The smallest absolute Gasteiger partial charge is 0.337 e. The summed E-state index contributed by atoms with van der Waals surface area (Å²) in [5.74, 6) is -1.32. The number of rotatable bonds is 5. The van der Waals surface area contributed by atoms with E-state index in [1.165, 1.54) is 12.1 Å². The first-order chi connectivity index (χ1) is 9.90. The summed E-state index contributed by atoms with van der Waals surface area (Å²) in [6.45, 7) is 0.0665. The number of carbonyl (C=O) groups is 1. The lowest BCUT2D eigenvalue weighted by molar-refractivity contribution is 0.0692. The van der Waals surface area contributed by atoms with Crippen molar-refractivity contribution in [2.45, 2.75) is 11.4 Å². The van der Waals surface area contributed by atoms with Crippen molar-refractivity contribution < 1.29 is 18.3 Å². The molecule has 0 aliphatic heterocycles. The lowest BCUT2D eigenvalue weighted by Gasteiger charge is -2.10. The van der Waals surface area contributed by atoms with Crippen LogP contribution in [0.1, 0.15) is 15.9 Å². The molecule has 2 aromatic rings. The van der Waals surface area contributed by atoms with Crippen molar-refractivity contribution in [2.24, 2.45) is 0 Å². The van der Waals surface area contributed by atoms with E-state index in [9.17, 15) is 13.2 Å². The Hall–Kier alpha value is -2.38. The van der Waals surface area contributed by atoms with Crippen molar-refractivity contribution in [1.29, 1.82) is 0 Å². The number of hydrogen-bond donors (Lipinski definition) is 3. The fourth-order valence-electron chi connectivity index (χ4n) is 1.79. The number of carboxylic acids is 1. The van der Waals surface area contributed by atoms with Crippen molar-refractivity contribution >= 4 is 21.7 Å². The first-order valence-corrected chi connectivity index (χ1v) is 7.55. The van der Waals surface area contributed by atoms with Crippen LogP contribution in [0, 0.1) is 0 Å². The first-order valence-electron chi connectivity index (χ1n) is 6.06. The minimum Gasteiger partial charge on any atom is -0.478 e. The summed E-state index contributed by atoms with van der Waals surface area (Å²) < 4.78 is 26.9. The van der Waals surface area contributed by atoms with E-state index >= 15 is 0 Å². The Balaban J connectivity index is 2.31. The monoisotopic (exact) mass is 306 g/mol. The quantitative estimate of drug-likeness (QED) is 0.724. The van der Waals surface area contributed by atoms with Crippen LogP contribution in [-0.2, 0) is 16.6 Å². The highest BCUT2D eigenvalue weighted by molar-refractivity contribution is 7.89. The maximum Gasteiger partial charge on any atom is 0.337 e. The molecule has 0 aliphatic carbocycles. The molecule has 110 valence electrons. The van der Waals surface area contributed by atoms with E-state index in [0.29, 0.717) is 0 Å². The largest absolute Gasteiger partial charge is 0.478 e. The normalized spacial score (nSPS) is 11.2. The second kappa shape index (κ2) is 5.94. The van der Waals surface area contributed by atoms with Gasteiger partial charge in [-0.15, -0.1) is 0 Å². The van der Waals surface area contributed by atoms with Crippen LogP contribution in [0.25, 0.3) is 0 Å². The average Bonchev–Trinajstić information content (AvgIpc) is 2.46. The van der Waals surface area contributed by atoms with Crippen molar-refractivity contribution in [3.05, 3.63) is 59.7 Å². The van der Waals surface area contributed by atoms with Gasteiger partial charge in [0.05, 0.1) is 10.5 Å². The molecule has 0 amide bonds. The van der Waals surface area contributed by atoms with Crippen molar-refractivity contribution in [3.8, 4) is 0 Å². The Kier molecular flexibility index (Phi) is 4.25. The van der Waals surface area contributed by atoms with Gasteiger partial charge in [-0.1, -0.05) is 30.3 Å². The van der Waals surface area contributed by atoms with Gasteiger partial charge in [-0.25, -0.2) is 17.9 Å². The van der Waals surface area contributed by atoms with Crippen LogP contribution < -0.4 is 10.5 Å². The van der Waals surface area contributed by atoms with Crippen LogP contribution in [0.3, 0.4) is 0 Å². The number of nitrogens with one attached hydrogen (secondary N) is 1. The summed E-state index contributed by atoms with van der Waals surface area (Å²) >= 11 is 0. The third kappa shape index (κ3) is 3.59. The van der Waals surface area contributed by atoms with Crippen LogP contribution in [0.4, 0.5) is 5.69 Å². The van der Waals surface area contributed by atoms with E-state index in [2.05, 4.69) is 4.72 Å². The zero-order valence-corrected chi connectivity index (χ0v) is 11.8. The maximum atomic E-state index is 12.3. The van der Waals surface area contributed by atoms with Crippen molar-refractivity contribution in [1.82, 2.24) is 4.72 Å². The number of anilines is 1. The molecule has 0 saturated heterocycles. The van der Waals surface area contributed by atoms with Crippen molar-refractivity contribution in [3.63, 3.8) is 0 Å². The molecule has 0 unspecified atom stereocenters. The standard InChI is InChI=1S/C14H14N2O4S/c15-11-6-7-12(14(17)18)13(8-11)21(19,20)16-9-10-4-2-1-3-5-10/h1-8,16H,9,15H2,(H,17,18). The molecule has 4 N–H and O–H groups in total. The van der Waals surface area contributed by atoms with Gasteiger partial charge in [0, 0.05) is 12.2 Å². The fraction of sp³-hybridized carbons (Fsp3) is 0.0714. The Labute approximate surface area is 122 Å². The van der Waals surface area contributed by atoms with Crippen LogP contribution in [0.5, 0.6) is 0 Å². The molecule has 0 fully saturated rings. The lowest BCUT2D eigenvalue weighted by Crippen LogP contribution is -2.25. The molecular formula is C14H14N2O4S. The number of benzene rings is 2. The second-order valence-electron chi connectivity index (χ2n) is 4.37. The second-order valence-corrected chi connectivity index (χ2v) is 6.11. The molecule has 0 aliphatic rings. The molecular weight excluding hydrogens is 292 g/mol. The number of carboxylic acid groups (broad SMARTS) is 1. The van der Waals surface area contributed by atoms with E-state index in [4.69, 9.17) is 10.8 Å². The summed E-state index contributed by atoms with van der Waals surface area (Å²) in [5.41, 5.74) is 6.18. The van der Waals surface area contributed by atoms with Gasteiger partial charge >= 0.3 is 5.97 Å². The average molecular weight is 306 g/mol. The fourth-order valence-corrected chi connectivity index (χ4v) is 3.04. The molecule has 0 bridgehead atoms. The minimum atomic E-state index is -3.97. The molecule has 0 saturated carbocycles. The van der Waals surface area contributed by atoms with Gasteiger partial charge in [0.25, 0.3) is 0 Å². The predicted molar refractivity (Wildman–Crippen MR) is 78.3 cm³/mol. The summed E-state index contributed by atoms with van der Waals surface area (Å²) in [5, 5.41) is 9.07. The van der Waals surface area contributed by atoms with E-state index in [1.54, 1.807) is 24.3 Å². The predicted octanol–water partition coefficient (Wildman–Crippen LogP) is 1.45. The Morgan fingerprint density at radius 3 is 2.43 bits per heavy atom. The van der Waals surface area contributed by atoms with Crippen LogP contribution in [-0.4, -0.2) is 19.5 Å². The van der Waals surface area contributed by atoms with E-state index < -0.39 is 16.0 Å². The molecule has 0 radical (unpaired) electrons. The molecule has 0 spiro atoms. The zero-order valence-electron chi connectivity index (χ0n) is 11.0. The van der Waals surface area contributed by atoms with E-state index in [-0.39, 0.29) is 22.7 Å². The van der Waals surface area contributed by atoms with Gasteiger partial charge in [0.1, 0.15) is 0 Å². The molecule has 0 atom stereocenters. The van der Waals surface area contributed by atoms with Gasteiger partial charge in [-0.05, 0) is 23.8 Å². The van der Waals surface area contributed by atoms with E-state index in [0.717, 1.165) is 11.6 Å². The molecule has 0 heterocycles. The zero-order chi connectivity index (χ0) is 15.5. The van der Waals surface area contributed by atoms with Crippen LogP contribution in [0.15, 0.2) is 53.4 Å². The summed E-state index contributed by atoms with van der Waals surface area (Å²) in [6.07, 6.45) is 0. The van der Waals surface area contributed by atoms with Gasteiger partial charge in [-0.2, -0.15) is 0 Å². The highest BCUT2D eigenvalue weighted by Crippen LogP contribution is 2.19. The van der Waals surface area contributed by atoms with Crippen LogP contribution in [0.2, 0.25) is 0 Å². The minimum absolute atomic E-state index is 0.0665. The molecule has 0 aromatic heterocycles. The van der Waals surface area contributed by atoms with Gasteiger partial charge in [0.2, 0.25) is 10.0 Å². The molecule has 2 aromatic carbocycles. The van der Waals surface area contributed by atoms with Crippen molar-refractivity contribution in [2.75, 3.05) is 5.73 Å². The number of aromatic carboxylic acids is 1. The van der Waals surface area contributed by atoms with Gasteiger partial charge < -0.3 is 10.8 Å². The topological polar surface area (TPSA) is 109 Å². The number of nitrogen functional groups attached to an aromatic ring is 1. The van der Waals surface area contributed by atoms with E-state index in [1.807, 2.05) is 6.07 Å². The van der Waals surface area contributed by atoms with Gasteiger partial charge in [0.15, 0.2) is 0 Å². The maximum absolute atomic E-state index is 12.3. The number of sulfonamides is 1. The molecule has 7 heteroatoms. The third-order valence-corrected chi connectivity index (χ3v) is 4.28. The highest BCUT2D eigenvalue weighted by atomic mass is 32.2. The number of hydrogen-bond acceptors (Lipinski definition) is 4. The lowest BCUT2D eigenvalue weighted by atomic mass is 10.2. The molecule has 6 nitrogen and oxygen atoms in total. The van der Waals surface area contributed by atoms with Gasteiger partial charge in [-0.3, -0.25) is 0 Å².